The van der Waals surface area contributed by atoms with Crippen LogP contribution in [0, 0.1) is 6.92 Å². The van der Waals surface area contributed by atoms with Gasteiger partial charge in [0.1, 0.15) is 5.82 Å². The number of aromatic nitrogens is 3. The second kappa shape index (κ2) is 4.58. The topological polar surface area (TPSA) is 53.6 Å². The third-order valence-corrected chi connectivity index (χ3v) is 3.68. The Balaban J connectivity index is 1.59. The van der Waals surface area contributed by atoms with E-state index in [9.17, 15) is 0 Å². The van der Waals surface area contributed by atoms with Crippen LogP contribution in [0.5, 0.6) is 0 Å². The summed E-state index contributed by atoms with van der Waals surface area (Å²) >= 11 is 1.69. The van der Waals surface area contributed by atoms with Crippen LogP contribution < -0.4 is 5.32 Å². The first kappa shape index (κ1) is 10.9. The summed E-state index contributed by atoms with van der Waals surface area (Å²) in [6.45, 7) is 2.93. The molecule has 4 nitrogen and oxygen atoms in total. The van der Waals surface area contributed by atoms with Gasteiger partial charge in [-0.1, -0.05) is 0 Å². The Kier molecular flexibility index (Phi) is 2.94. The second-order valence-corrected chi connectivity index (χ2v) is 5.61. The molecule has 0 aliphatic heterocycles. The number of imidazole rings is 1. The van der Waals surface area contributed by atoms with E-state index in [1.807, 2.05) is 13.1 Å². The lowest BCUT2D eigenvalue weighted by atomic mass is 10.3. The normalized spacial score (nSPS) is 15.4. The van der Waals surface area contributed by atoms with Crippen molar-refractivity contribution in [3.05, 3.63) is 33.8 Å². The molecule has 17 heavy (non-hydrogen) atoms. The first-order valence-corrected chi connectivity index (χ1v) is 6.85. The summed E-state index contributed by atoms with van der Waals surface area (Å²) in [5, 5.41) is 6.68. The summed E-state index contributed by atoms with van der Waals surface area (Å²) in [6, 6.07) is 0.739. The van der Waals surface area contributed by atoms with Crippen molar-refractivity contribution in [2.45, 2.75) is 38.8 Å². The van der Waals surface area contributed by atoms with Crippen molar-refractivity contribution < 1.29 is 0 Å². The van der Waals surface area contributed by atoms with Gasteiger partial charge >= 0.3 is 0 Å². The highest BCUT2D eigenvalue weighted by molar-refractivity contribution is 7.09. The standard InChI is InChI=1S/C12H16N4S/c1-8-15-10(7-17-8)4-12-14-6-11(16-12)5-13-9-2-3-9/h6-7,9,13H,2-5H2,1H3,(H,14,16). The van der Waals surface area contributed by atoms with Gasteiger partial charge in [0.2, 0.25) is 0 Å². The summed E-state index contributed by atoms with van der Waals surface area (Å²) in [5.74, 6) is 1.00. The van der Waals surface area contributed by atoms with Crippen molar-refractivity contribution in [2.75, 3.05) is 0 Å². The lowest BCUT2D eigenvalue weighted by Gasteiger charge is -1.98. The maximum Gasteiger partial charge on any atom is 0.112 e. The highest BCUT2D eigenvalue weighted by Crippen LogP contribution is 2.19. The van der Waals surface area contributed by atoms with Crippen LogP contribution in [-0.4, -0.2) is 21.0 Å². The molecule has 3 rings (SSSR count). The van der Waals surface area contributed by atoms with Crippen LogP contribution in [0.25, 0.3) is 0 Å². The number of aromatic amines is 1. The van der Waals surface area contributed by atoms with E-state index in [0.717, 1.165) is 35.5 Å². The van der Waals surface area contributed by atoms with E-state index in [1.54, 1.807) is 11.3 Å². The maximum absolute atomic E-state index is 4.44. The minimum Gasteiger partial charge on any atom is -0.344 e. The van der Waals surface area contributed by atoms with Gasteiger partial charge in [-0.25, -0.2) is 9.97 Å². The highest BCUT2D eigenvalue weighted by atomic mass is 32.1. The fraction of sp³-hybridized carbons (Fsp3) is 0.500. The molecule has 0 aromatic carbocycles. The zero-order valence-electron chi connectivity index (χ0n) is 9.86. The number of hydrogen-bond acceptors (Lipinski definition) is 4. The Morgan fingerprint density at radius 3 is 3.12 bits per heavy atom. The lowest BCUT2D eigenvalue weighted by Crippen LogP contribution is -2.15. The van der Waals surface area contributed by atoms with Crippen LogP contribution in [0.1, 0.15) is 35.1 Å². The Hall–Kier alpha value is -1.20. The molecule has 0 saturated heterocycles. The monoisotopic (exact) mass is 248 g/mol. The average Bonchev–Trinajstić information content (AvgIpc) is 2.90. The van der Waals surface area contributed by atoms with Crippen molar-refractivity contribution in [3.8, 4) is 0 Å². The summed E-state index contributed by atoms with van der Waals surface area (Å²) < 4.78 is 0. The lowest BCUT2D eigenvalue weighted by molar-refractivity contribution is 0.676. The molecule has 0 bridgehead atoms. The van der Waals surface area contributed by atoms with Gasteiger partial charge in [0.25, 0.3) is 0 Å². The minimum atomic E-state index is 0.739. The van der Waals surface area contributed by atoms with Gasteiger partial charge in [0, 0.05) is 36.3 Å². The third kappa shape index (κ3) is 2.92. The maximum atomic E-state index is 4.44. The fourth-order valence-electron chi connectivity index (χ4n) is 1.79. The molecule has 1 fully saturated rings. The molecule has 0 spiro atoms. The molecule has 0 unspecified atom stereocenters. The molecule has 0 radical (unpaired) electrons. The number of H-pyrrole nitrogens is 1. The van der Waals surface area contributed by atoms with Gasteiger partial charge in [0.05, 0.1) is 10.7 Å². The predicted octanol–water partition coefficient (Wildman–Crippen LogP) is 2.02. The first-order chi connectivity index (χ1) is 8.29. The zero-order chi connectivity index (χ0) is 11.7. The molecule has 2 heterocycles. The zero-order valence-corrected chi connectivity index (χ0v) is 10.7. The predicted molar refractivity (Wildman–Crippen MR) is 68.1 cm³/mol. The molecule has 1 aliphatic rings. The first-order valence-electron chi connectivity index (χ1n) is 5.97. The number of rotatable bonds is 5. The Morgan fingerprint density at radius 2 is 2.41 bits per heavy atom. The second-order valence-electron chi connectivity index (χ2n) is 4.54. The molecule has 0 atom stereocenters. The van der Waals surface area contributed by atoms with Gasteiger partial charge in [-0.05, 0) is 19.8 Å². The number of thiazole rings is 1. The summed E-state index contributed by atoms with van der Waals surface area (Å²) in [7, 11) is 0. The van der Waals surface area contributed by atoms with Gasteiger partial charge in [-0.2, -0.15) is 0 Å². The molecule has 90 valence electrons. The van der Waals surface area contributed by atoms with E-state index >= 15 is 0 Å². The van der Waals surface area contributed by atoms with E-state index in [-0.39, 0.29) is 0 Å². The smallest absolute Gasteiger partial charge is 0.112 e. The molecule has 1 saturated carbocycles. The summed E-state index contributed by atoms with van der Waals surface area (Å²) in [6.07, 6.45) is 5.36. The fourth-order valence-corrected chi connectivity index (χ4v) is 2.40. The Morgan fingerprint density at radius 1 is 1.53 bits per heavy atom. The van der Waals surface area contributed by atoms with E-state index in [0.29, 0.717) is 0 Å². The van der Waals surface area contributed by atoms with E-state index in [1.165, 1.54) is 18.5 Å². The van der Waals surface area contributed by atoms with Gasteiger partial charge < -0.3 is 10.3 Å². The van der Waals surface area contributed by atoms with Crippen molar-refractivity contribution in [2.24, 2.45) is 0 Å². The van der Waals surface area contributed by atoms with E-state index in [4.69, 9.17) is 0 Å². The van der Waals surface area contributed by atoms with Gasteiger partial charge in [0.15, 0.2) is 0 Å². The Bertz CT molecular complexity index is 498. The molecule has 2 N–H and O–H groups in total. The molecule has 1 aliphatic carbocycles. The van der Waals surface area contributed by atoms with Crippen molar-refractivity contribution in [3.63, 3.8) is 0 Å². The average molecular weight is 248 g/mol. The van der Waals surface area contributed by atoms with Crippen LogP contribution >= 0.6 is 11.3 Å². The van der Waals surface area contributed by atoms with Gasteiger partial charge in [-0.3, -0.25) is 0 Å². The molecular weight excluding hydrogens is 232 g/mol. The van der Waals surface area contributed by atoms with Crippen LogP contribution in [0.4, 0.5) is 0 Å². The number of nitrogens with zero attached hydrogens (tertiary/aromatic N) is 2. The molecule has 0 amide bonds. The number of hydrogen-bond donors (Lipinski definition) is 2. The molecule has 2 aromatic heterocycles. The summed E-state index contributed by atoms with van der Waals surface area (Å²) in [5.41, 5.74) is 2.27. The highest BCUT2D eigenvalue weighted by Gasteiger charge is 2.20. The molecule has 5 heteroatoms. The Labute approximate surface area is 105 Å². The van der Waals surface area contributed by atoms with E-state index in [2.05, 4.69) is 25.6 Å². The van der Waals surface area contributed by atoms with Crippen molar-refractivity contribution in [1.29, 1.82) is 0 Å². The largest absolute Gasteiger partial charge is 0.344 e. The SMILES string of the molecule is Cc1nc(Cc2ncc(CNC3CC3)[nH]2)cs1. The van der Waals surface area contributed by atoms with Crippen LogP contribution in [0.2, 0.25) is 0 Å². The quantitative estimate of drug-likeness (QED) is 0.851. The van der Waals surface area contributed by atoms with E-state index < -0.39 is 0 Å². The minimum absolute atomic E-state index is 0.739. The molecule has 2 aromatic rings. The van der Waals surface area contributed by atoms with Crippen LogP contribution in [-0.2, 0) is 13.0 Å². The third-order valence-electron chi connectivity index (χ3n) is 2.85. The summed E-state index contributed by atoms with van der Waals surface area (Å²) in [4.78, 5) is 12.2. The van der Waals surface area contributed by atoms with Crippen molar-refractivity contribution in [1.82, 2.24) is 20.3 Å². The van der Waals surface area contributed by atoms with Crippen molar-refractivity contribution >= 4 is 11.3 Å². The number of nitrogens with one attached hydrogen (secondary N) is 2. The number of aryl methyl sites for hydroxylation is 1. The van der Waals surface area contributed by atoms with Gasteiger partial charge in [-0.15, -0.1) is 11.3 Å². The molecular formula is C12H16N4S. The van der Waals surface area contributed by atoms with Crippen LogP contribution in [0.3, 0.4) is 0 Å². The van der Waals surface area contributed by atoms with Crippen LogP contribution in [0.15, 0.2) is 11.6 Å².